The summed E-state index contributed by atoms with van der Waals surface area (Å²) < 4.78 is 1.63. The molecule has 5 nitrogen and oxygen atoms in total. The van der Waals surface area contributed by atoms with E-state index in [1.807, 2.05) is 24.3 Å². The number of pyridine rings is 1. The van der Waals surface area contributed by atoms with Crippen LogP contribution >= 0.6 is 0 Å². The number of aromatic nitrogens is 1. The van der Waals surface area contributed by atoms with Gasteiger partial charge >= 0.3 is 0 Å². The molecule has 1 unspecified atom stereocenters. The van der Waals surface area contributed by atoms with Gasteiger partial charge in [-0.15, -0.1) is 0 Å². The second-order valence-corrected chi connectivity index (χ2v) is 9.43. The number of nitrogens with zero attached hydrogens (tertiary/aromatic N) is 1. The monoisotopic (exact) mass is 434 g/mol. The van der Waals surface area contributed by atoms with Crippen LogP contribution in [0.15, 0.2) is 53.5 Å². The molecule has 3 aromatic rings. The minimum absolute atomic E-state index is 0.102. The topological polar surface area (TPSA) is 74.5 Å². The first-order chi connectivity index (χ1) is 15.3. The second kappa shape index (κ2) is 9.47. The molecule has 170 valence electrons. The Hall–Kier alpha value is -2.63. The van der Waals surface area contributed by atoms with Gasteiger partial charge in [0.15, 0.2) is 0 Å². The fourth-order valence-electron chi connectivity index (χ4n) is 4.92. The van der Waals surface area contributed by atoms with E-state index in [0.29, 0.717) is 18.4 Å². The lowest BCUT2D eigenvalue weighted by Gasteiger charge is -2.32. The SMILES string of the molecule is Cc1ccc(CCC(O)Nc2cccc3c(=O)n(CC4(O)CCCCC4)ccc23)c(C)c1. The van der Waals surface area contributed by atoms with Crippen LogP contribution in [0.5, 0.6) is 0 Å². The molecule has 3 N–H and O–H groups in total. The van der Waals surface area contributed by atoms with E-state index in [1.54, 1.807) is 10.8 Å². The summed E-state index contributed by atoms with van der Waals surface area (Å²) in [7, 11) is 0. The van der Waals surface area contributed by atoms with E-state index >= 15 is 0 Å². The molecule has 1 aliphatic rings. The summed E-state index contributed by atoms with van der Waals surface area (Å²) >= 11 is 0. The summed E-state index contributed by atoms with van der Waals surface area (Å²) in [6.07, 6.45) is 7.05. The normalized spacial score (nSPS) is 16.8. The van der Waals surface area contributed by atoms with Crippen molar-refractivity contribution in [2.75, 3.05) is 5.32 Å². The summed E-state index contributed by atoms with van der Waals surface area (Å²) in [5.74, 6) is 0. The standard InChI is InChI=1S/C27H34N2O3/c1-19-9-10-21(20(2)17-19)11-12-25(30)28-24-8-6-7-23-22(24)13-16-29(26(23)31)18-27(32)14-4-3-5-15-27/h6-10,13,16-17,25,28,30,32H,3-5,11-12,14-15,18H2,1-2H3. The van der Waals surface area contributed by atoms with Crippen molar-refractivity contribution in [2.45, 2.75) is 77.2 Å². The fourth-order valence-corrected chi connectivity index (χ4v) is 4.92. The van der Waals surface area contributed by atoms with Crippen LogP contribution in [0.2, 0.25) is 0 Å². The van der Waals surface area contributed by atoms with Gasteiger partial charge in [-0.1, -0.05) is 49.1 Å². The van der Waals surface area contributed by atoms with Gasteiger partial charge in [-0.05, 0) is 68.9 Å². The largest absolute Gasteiger partial charge is 0.388 e. The molecule has 1 aliphatic carbocycles. The van der Waals surface area contributed by atoms with Crippen molar-refractivity contribution >= 4 is 16.5 Å². The van der Waals surface area contributed by atoms with Crippen LogP contribution in [0.1, 0.15) is 55.2 Å². The van der Waals surface area contributed by atoms with Gasteiger partial charge in [-0.3, -0.25) is 4.79 Å². The maximum absolute atomic E-state index is 13.1. The second-order valence-electron chi connectivity index (χ2n) is 9.43. The molecule has 1 atom stereocenters. The fraction of sp³-hybridized carbons (Fsp3) is 0.444. The smallest absolute Gasteiger partial charge is 0.258 e. The number of aliphatic hydroxyl groups excluding tert-OH is 1. The summed E-state index contributed by atoms with van der Waals surface area (Å²) in [4.78, 5) is 13.1. The molecule has 1 aromatic heterocycles. The van der Waals surface area contributed by atoms with Gasteiger partial charge in [0.2, 0.25) is 0 Å². The zero-order valence-electron chi connectivity index (χ0n) is 19.1. The van der Waals surface area contributed by atoms with Crippen LogP contribution in [0.4, 0.5) is 5.69 Å². The number of aryl methyl sites for hydroxylation is 3. The Labute approximate surface area is 189 Å². The highest BCUT2D eigenvalue weighted by molar-refractivity contribution is 5.93. The first-order valence-corrected chi connectivity index (χ1v) is 11.7. The van der Waals surface area contributed by atoms with Crippen LogP contribution in [-0.2, 0) is 13.0 Å². The third kappa shape index (κ3) is 5.05. The van der Waals surface area contributed by atoms with E-state index in [0.717, 1.165) is 49.6 Å². The van der Waals surface area contributed by atoms with E-state index in [4.69, 9.17) is 0 Å². The Morgan fingerprint density at radius 2 is 1.84 bits per heavy atom. The van der Waals surface area contributed by atoms with E-state index in [9.17, 15) is 15.0 Å². The lowest BCUT2D eigenvalue weighted by Crippen LogP contribution is -2.39. The van der Waals surface area contributed by atoms with Gasteiger partial charge in [0.05, 0.1) is 12.1 Å². The van der Waals surface area contributed by atoms with E-state index in [2.05, 4.69) is 37.4 Å². The van der Waals surface area contributed by atoms with Gasteiger partial charge in [0, 0.05) is 22.7 Å². The van der Waals surface area contributed by atoms with Crippen LogP contribution in [0.3, 0.4) is 0 Å². The lowest BCUT2D eigenvalue weighted by molar-refractivity contribution is -0.0121. The molecule has 1 fully saturated rings. The summed E-state index contributed by atoms with van der Waals surface area (Å²) in [6, 6.07) is 13.8. The van der Waals surface area contributed by atoms with Crippen molar-refractivity contribution in [3.05, 3.63) is 75.7 Å². The molecule has 0 radical (unpaired) electrons. The zero-order valence-corrected chi connectivity index (χ0v) is 19.1. The van der Waals surface area contributed by atoms with Crippen LogP contribution in [-0.4, -0.2) is 26.6 Å². The zero-order chi connectivity index (χ0) is 22.7. The molecule has 0 saturated heterocycles. The number of benzene rings is 2. The van der Waals surface area contributed by atoms with E-state index < -0.39 is 11.8 Å². The van der Waals surface area contributed by atoms with Crippen LogP contribution in [0.25, 0.3) is 10.8 Å². The molecule has 32 heavy (non-hydrogen) atoms. The third-order valence-electron chi connectivity index (χ3n) is 6.77. The third-order valence-corrected chi connectivity index (χ3v) is 6.77. The Bertz CT molecular complexity index is 1150. The average Bonchev–Trinajstić information content (AvgIpc) is 2.76. The number of nitrogens with one attached hydrogen (secondary N) is 1. The van der Waals surface area contributed by atoms with E-state index in [1.165, 1.54) is 16.7 Å². The van der Waals surface area contributed by atoms with Gasteiger partial charge < -0.3 is 20.1 Å². The number of anilines is 1. The molecule has 1 heterocycles. The molecule has 0 spiro atoms. The minimum atomic E-state index is -0.796. The first-order valence-electron chi connectivity index (χ1n) is 11.7. The highest BCUT2D eigenvalue weighted by Crippen LogP contribution is 2.30. The number of aliphatic hydroxyl groups is 2. The number of fused-ring (bicyclic) bond motifs is 1. The highest BCUT2D eigenvalue weighted by Gasteiger charge is 2.30. The maximum atomic E-state index is 13.1. The molecular weight excluding hydrogens is 400 g/mol. The van der Waals surface area contributed by atoms with E-state index in [-0.39, 0.29) is 5.56 Å². The Morgan fingerprint density at radius 3 is 2.59 bits per heavy atom. The van der Waals surface area contributed by atoms with Gasteiger partial charge in [0.1, 0.15) is 6.23 Å². The molecule has 1 saturated carbocycles. The first kappa shape index (κ1) is 22.6. The lowest BCUT2D eigenvalue weighted by atomic mass is 9.85. The predicted molar refractivity (Wildman–Crippen MR) is 130 cm³/mol. The Kier molecular flexibility index (Phi) is 6.68. The molecule has 4 rings (SSSR count). The minimum Gasteiger partial charge on any atom is -0.388 e. The molecule has 0 amide bonds. The van der Waals surface area contributed by atoms with Crippen molar-refractivity contribution in [1.82, 2.24) is 4.57 Å². The summed E-state index contributed by atoms with van der Waals surface area (Å²) in [6.45, 7) is 4.51. The van der Waals surface area contributed by atoms with Crippen molar-refractivity contribution in [3.8, 4) is 0 Å². The van der Waals surface area contributed by atoms with Gasteiger partial charge in [-0.2, -0.15) is 0 Å². The van der Waals surface area contributed by atoms with Crippen LogP contribution in [0, 0.1) is 13.8 Å². The van der Waals surface area contributed by atoms with Crippen LogP contribution < -0.4 is 10.9 Å². The summed E-state index contributed by atoms with van der Waals surface area (Å²) in [5.41, 5.74) is 3.56. The quantitative estimate of drug-likeness (QED) is 0.472. The van der Waals surface area contributed by atoms with Gasteiger partial charge in [0.25, 0.3) is 5.56 Å². The molecule has 2 aromatic carbocycles. The molecular formula is C27H34N2O3. The Morgan fingerprint density at radius 1 is 1.06 bits per heavy atom. The summed E-state index contributed by atoms with van der Waals surface area (Å²) in [5, 5.41) is 26.1. The maximum Gasteiger partial charge on any atom is 0.258 e. The molecule has 0 bridgehead atoms. The predicted octanol–water partition coefficient (Wildman–Crippen LogP) is 4.68. The van der Waals surface area contributed by atoms with Crippen molar-refractivity contribution in [3.63, 3.8) is 0 Å². The number of hydrogen-bond donors (Lipinski definition) is 3. The average molecular weight is 435 g/mol. The van der Waals surface area contributed by atoms with Gasteiger partial charge in [-0.25, -0.2) is 0 Å². The van der Waals surface area contributed by atoms with Crippen molar-refractivity contribution < 1.29 is 10.2 Å². The molecule has 0 aliphatic heterocycles. The highest BCUT2D eigenvalue weighted by atomic mass is 16.3. The number of hydrogen-bond acceptors (Lipinski definition) is 4. The van der Waals surface area contributed by atoms with Crippen molar-refractivity contribution in [1.29, 1.82) is 0 Å². The number of rotatable bonds is 7. The molecule has 5 heteroatoms. The van der Waals surface area contributed by atoms with Crippen molar-refractivity contribution in [2.24, 2.45) is 0 Å². The Balaban J connectivity index is 1.49.